The van der Waals surface area contributed by atoms with E-state index in [0.717, 1.165) is 0 Å². The van der Waals surface area contributed by atoms with Crippen LogP contribution in [0.3, 0.4) is 0 Å². The Hall–Kier alpha value is -1.72. The number of halogens is 2. The molecule has 84 valence electrons. The van der Waals surface area contributed by atoms with Gasteiger partial charge in [-0.05, 0) is 0 Å². The van der Waals surface area contributed by atoms with Gasteiger partial charge in [0.1, 0.15) is 11.0 Å². The van der Waals surface area contributed by atoms with Crippen LogP contribution >= 0.6 is 10.7 Å². The summed E-state index contributed by atoms with van der Waals surface area (Å²) in [6.07, 6.45) is 0. The Balaban J connectivity index is 3.70. The van der Waals surface area contributed by atoms with Gasteiger partial charge in [0.25, 0.3) is 14.7 Å². The lowest BCUT2D eigenvalue weighted by Crippen LogP contribution is -2.01. The molecule has 0 aliphatic rings. The van der Waals surface area contributed by atoms with Crippen molar-refractivity contribution in [1.82, 2.24) is 0 Å². The van der Waals surface area contributed by atoms with E-state index in [-0.39, 0.29) is 0 Å². The van der Waals surface area contributed by atoms with E-state index in [9.17, 15) is 22.9 Å². The molecule has 1 aromatic carbocycles. The first-order chi connectivity index (χ1) is 7.27. The van der Waals surface area contributed by atoms with Gasteiger partial charge >= 0.3 is 0 Å². The van der Waals surface area contributed by atoms with Crippen molar-refractivity contribution in [1.29, 1.82) is 5.26 Å². The highest BCUT2D eigenvalue weighted by molar-refractivity contribution is 8.13. The second-order valence-corrected chi connectivity index (χ2v) is 5.15. The van der Waals surface area contributed by atoms with Crippen molar-refractivity contribution >= 4 is 25.4 Å². The summed E-state index contributed by atoms with van der Waals surface area (Å²) in [5.74, 6) is -1.40. The molecule has 0 aliphatic carbocycles. The number of hydrogen-bond donors (Lipinski definition) is 0. The van der Waals surface area contributed by atoms with Gasteiger partial charge < -0.3 is 0 Å². The molecule has 0 aliphatic heterocycles. The summed E-state index contributed by atoms with van der Waals surface area (Å²) in [5.41, 5.74) is -1.48. The molecule has 0 aromatic heterocycles. The summed E-state index contributed by atoms with van der Waals surface area (Å²) < 4.78 is 35.1. The van der Waals surface area contributed by atoms with Gasteiger partial charge in [-0.3, -0.25) is 10.1 Å². The Morgan fingerprint density at radius 1 is 1.50 bits per heavy atom. The quantitative estimate of drug-likeness (QED) is 0.458. The molecule has 0 bridgehead atoms. The predicted molar refractivity (Wildman–Crippen MR) is 50.8 cm³/mol. The van der Waals surface area contributed by atoms with E-state index in [1.807, 2.05) is 0 Å². The third kappa shape index (κ3) is 2.26. The number of non-ortho nitro benzene ring substituents is 1. The number of nitrogens with zero attached hydrogens (tertiary/aromatic N) is 2. The minimum absolute atomic E-state index is 0.457. The van der Waals surface area contributed by atoms with Crippen molar-refractivity contribution in [3.63, 3.8) is 0 Å². The van der Waals surface area contributed by atoms with Crippen molar-refractivity contribution in [3.05, 3.63) is 33.6 Å². The van der Waals surface area contributed by atoms with Crippen LogP contribution < -0.4 is 0 Å². The zero-order valence-corrected chi connectivity index (χ0v) is 8.92. The molecule has 0 heterocycles. The molecule has 0 spiro atoms. The summed E-state index contributed by atoms with van der Waals surface area (Å²) in [7, 11) is 0.389. The fraction of sp³-hybridized carbons (Fsp3) is 0. The van der Waals surface area contributed by atoms with Crippen molar-refractivity contribution in [2.24, 2.45) is 0 Å². The molecule has 6 nitrogen and oxygen atoms in total. The summed E-state index contributed by atoms with van der Waals surface area (Å²) in [6.45, 7) is 0. The standard InChI is InChI=1S/C7H2ClFN2O4S/c8-16(14,15)6-2-5(11(12)13)1-4(3-10)7(6)9/h1-2H. The van der Waals surface area contributed by atoms with E-state index >= 15 is 0 Å². The van der Waals surface area contributed by atoms with Crippen LogP contribution in [0.15, 0.2) is 17.0 Å². The highest BCUT2D eigenvalue weighted by atomic mass is 35.7. The van der Waals surface area contributed by atoms with Gasteiger partial charge in [-0.1, -0.05) is 0 Å². The smallest absolute Gasteiger partial charge is 0.258 e. The lowest BCUT2D eigenvalue weighted by molar-refractivity contribution is -0.385. The minimum atomic E-state index is -4.48. The van der Waals surface area contributed by atoms with Crippen molar-refractivity contribution in [3.8, 4) is 6.07 Å². The normalized spacial score (nSPS) is 10.8. The number of rotatable bonds is 2. The third-order valence-electron chi connectivity index (χ3n) is 1.62. The van der Waals surface area contributed by atoms with E-state index in [1.54, 1.807) is 0 Å². The van der Waals surface area contributed by atoms with Crippen LogP contribution in [0.25, 0.3) is 0 Å². The molecular formula is C7H2ClFN2O4S. The molecule has 0 N–H and O–H groups in total. The largest absolute Gasteiger partial charge is 0.272 e. The molecule has 9 heteroatoms. The predicted octanol–water partition coefficient (Wildman–Crippen LogP) is 1.53. The maximum Gasteiger partial charge on any atom is 0.272 e. The second kappa shape index (κ2) is 4.03. The van der Waals surface area contributed by atoms with E-state index in [2.05, 4.69) is 0 Å². The van der Waals surface area contributed by atoms with Gasteiger partial charge in [-0.15, -0.1) is 0 Å². The topological polar surface area (TPSA) is 101 Å². The monoisotopic (exact) mass is 264 g/mol. The van der Waals surface area contributed by atoms with Crippen LogP contribution in [0.4, 0.5) is 10.1 Å². The molecule has 0 amide bonds. The number of hydrogen-bond acceptors (Lipinski definition) is 5. The van der Waals surface area contributed by atoms with Crippen LogP contribution in [0.5, 0.6) is 0 Å². The molecule has 0 radical (unpaired) electrons. The maximum atomic E-state index is 13.3. The zero-order chi connectivity index (χ0) is 12.5. The van der Waals surface area contributed by atoms with Crippen LogP contribution in [0.1, 0.15) is 5.56 Å². The molecule has 0 unspecified atom stereocenters. The molecule has 1 aromatic rings. The maximum absolute atomic E-state index is 13.3. The molecule has 0 fully saturated rings. The SMILES string of the molecule is N#Cc1cc([N+](=O)[O-])cc(S(=O)(=O)Cl)c1F. The Kier molecular flexibility index (Phi) is 3.11. The molecular weight excluding hydrogens is 263 g/mol. The van der Waals surface area contributed by atoms with Crippen LogP contribution in [0.2, 0.25) is 0 Å². The average molecular weight is 265 g/mol. The van der Waals surface area contributed by atoms with E-state index in [4.69, 9.17) is 15.9 Å². The first-order valence-corrected chi connectivity index (χ1v) is 5.91. The van der Waals surface area contributed by atoms with Gasteiger partial charge in [-0.2, -0.15) is 5.26 Å². The fourth-order valence-corrected chi connectivity index (χ4v) is 1.87. The van der Waals surface area contributed by atoms with E-state index in [0.29, 0.717) is 12.1 Å². The molecule has 0 atom stereocenters. The lowest BCUT2D eigenvalue weighted by Gasteiger charge is -2.00. The number of nitro benzene ring substituents is 1. The van der Waals surface area contributed by atoms with E-state index < -0.39 is 35.9 Å². The average Bonchev–Trinajstić information content (AvgIpc) is 2.15. The zero-order valence-electron chi connectivity index (χ0n) is 7.35. The Bertz CT molecular complexity index is 608. The Labute approximate surface area is 93.4 Å². The van der Waals surface area contributed by atoms with Crippen molar-refractivity contribution < 1.29 is 17.7 Å². The van der Waals surface area contributed by atoms with E-state index in [1.165, 1.54) is 6.07 Å². The first-order valence-electron chi connectivity index (χ1n) is 3.60. The highest BCUT2D eigenvalue weighted by Crippen LogP contribution is 2.26. The molecule has 0 saturated carbocycles. The molecule has 1 rings (SSSR count). The highest BCUT2D eigenvalue weighted by Gasteiger charge is 2.24. The summed E-state index contributed by atoms with van der Waals surface area (Å²) in [4.78, 5) is 8.36. The minimum Gasteiger partial charge on any atom is -0.258 e. The van der Waals surface area contributed by atoms with Crippen LogP contribution in [-0.2, 0) is 9.05 Å². The van der Waals surface area contributed by atoms with Gasteiger partial charge in [0.2, 0.25) is 0 Å². The Morgan fingerprint density at radius 3 is 2.44 bits per heavy atom. The van der Waals surface area contributed by atoms with Gasteiger partial charge in [0.05, 0.1) is 10.5 Å². The number of nitro groups is 1. The summed E-state index contributed by atoms with van der Waals surface area (Å²) >= 11 is 0. The van der Waals surface area contributed by atoms with Gasteiger partial charge in [0, 0.05) is 22.8 Å². The number of benzene rings is 1. The van der Waals surface area contributed by atoms with Gasteiger partial charge in [-0.25, -0.2) is 12.8 Å². The summed E-state index contributed by atoms with van der Waals surface area (Å²) in [6, 6.07) is 2.38. The lowest BCUT2D eigenvalue weighted by atomic mass is 10.2. The number of nitriles is 1. The fourth-order valence-electron chi connectivity index (χ4n) is 0.947. The van der Waals surface area contributed by atoms with Gasteiger partial charge in [0.15, 0.2) is 5.82 Å². The van der Waals surface area contributed by atoms with Crippen LogP contribution in [-0.4, -0.2) is 13.3 Å². The summed E-state index contributed by atoms with van der Waals surface area (Å²) in [5, 5.41) is 18.9. The van der Waals surface area contributed by atoms with Crippen molar-refractivity contribution in [2.75, 3.05) is 0 Å². The van der Waals surface area contributed by atoms with Crippen LogP contribution in [0, 0.1) is 27.3 Å². The van der Waals surface area contributed by atoms with Crippen molar-refractivity contribution in [2.45, 2.75) is 4.90 Å². The molecule has 0 saturated heterocycles. The molecule has 16 heavy (non-hydrogen) atoms. The Morgan fingerprint density at radius 2 is 2.06 bits per heavy atom. The second-order valence-electron chi connectivity index (χ2n) is 2.61. The first kappa shape index (κ1) is 12.4. The third-order valence-corrected chi connectivity index (χ3v) is 2.94.